The SMILES string of the molecule is C=CCCC(NC(=O)c1ccc(OC)c(OC)c1)C(=O)O. The van der Waals surface area contributed by atoms with E-state index >= 15 is 0 Å². The Bertz CT molecular complexity index is 527. The van der Waals surface area contributed by atoms with Gasteiger partial charge in [-0.1, -0.05) is 6.08 Å². The molecule has 0 saturated carbocycles. The van der Waals surface area contributed by atoms with Gasteiger partial charge in [0, 0.05) is 5.56 Å². The van der Waals surface area contributed by atoms with E-state index in [1.807, 2.05) is 0 Å². The Balaban J connectivity index is 2.87. The number of amides is 1. The molecular weight excluding hydrogens is 274 g/mol. The Kier molecular flexibility index (Phi) is 6.26. The van der Waals surface area contributed by atoms with Crippen molar-refractivity contribution in [2.75, 3.05) is 14.2 Å². The minimum absolute atomic E-state index is 0.290. The summed E-state index contributed by atoms with van der Waals surface area (Å²) in [5.41, 5.74) is 0.303. The van der Waals surface area contributed by atoms with Crippen molar-refractivity contribution in [3.63, 3.8) is 0 Å². The number of hydrogen-bond donors (Lipinski definition) is 2. The first-order chi connectivity index (χ1) is 10.0. The molecule has 1 atom stereocenters. The summed E-state index contributed by atoms with van der Waals surface area (Å²) in [4.78, 5) is 23.2. The maximum absolute atomic E-state index is 12.1. The van der Waals surface area contributed by atoms with Crippen molar-refractivity contribution < 1.29 is 24.2 Å². The Morgan fingerprint density at radius 3 is 2.52 bits per heavy atom. The number of methoxy groups -OCH3 is 2. The van der Waals surface area contributed by atoms with Crippen LogP contribution in [0.2, 0.25) is 0 Å². The number of carbonyl (C=O) groups excluding carboxylic acids is 1. The van der Waals surface area contributed by atoms with Gasteiger partial charge in [0.1, 0.15) is 6.04 Å². The van der Waals surface area contributed by atoms with E-state index in [4.69, 9.17) is 14.6 Å². The smallest absolute Gasteiger partial charge is 0.326 e. The quantitative estimate of drug-likeness (QED) is 0.715. The molecule has 0 aliphatic carbocycles. The molecule has 0 bridgehead atoms. The highest BCUT2D eigenvalue weighted by Gasteiger charge is 2.20. The third-order valence-electron chi connectivity index (χ3n) is 2.91. The second-order valence-corrected chi connectivity index (χ2v) is 4.30. The number of ether oxygens (including phenoxy) is 2. The molecular formula is C15H19NO5. The molecule has 0 heterocycles. The van der Waals surface area contributed by atoms with Gasteiger partial charge in [-0.2, -0.15) is 0 Å². The molecule has 0 aliphatic rings. The molecule has 0 radical (unpaired) electrons. The van der Waals surface area contributed by atoms with Gasteiger partial charge in [0.25, 0.3) is 5.91 Å². The van der Waals surface area contributed by atoms with E-state index in [9.17, 15) is 9.59 Å². The Hall–Kier alpha value is -2.50. The lowest BCUT2D eigenvalue weighted by Crippen LogP contribution is -2.40. The highest BCUT2D eigenvalue weighted by molar-refractivity contribution is 5.97. The zero-order chi connectivity index (χ0) is 15.8. The summed E-state index contributed by atoms with van der Waals surface area (Å²) >= 11 is 0. The fraction of sp³-hybridized carbons (Fsp3) is 0.333. The Labute approximate surface area is 123 Å². The zero-order valence-electron chi connectivity index (χ0n) is 12.1. The number of allylic oxidation sites excluding steroid dienone is 1. The number of rotatable bonds is 8. The van der Waals surface area contributed by atoms with E-state index in [1.54, 1.807) is 18.2 Å². The minimum Gasteiger partial charge on any atom is -0.493 e. The van der Waals surface area contributed by atoms with Gasteiger partial charge in [0.15, 0.2) is 11.5 Å². The predicted molar refractivity (Wildman–Crippen MR) is 77.9 cm³/mol. The zero-order valence-corrected chi connectivity index (χ0v) is 12.1. The molecule has 6 nitrogen and oxygen atoms in total. The van der Waals surface area contributed by atoms with Crippen LogP contribution in [0.4, 0.5) is 0 Å². The first kappa shape index (κ1) is 16.6. The number of hydrogen-bond acceptors (Lipinski definition) is 4. The molecule has 0 aromatic heterocycles. The maximum Gasteiger partial charge on any atom is 0.326 e. The van der Waals surface area contributed by atoms with Crippen LogP contribution in [-0.4, -0.2) is 37.2 Å². The molecule has 1 aromatic rings. The standard InChI is InChI=1S/C15H19NO5/c1-4-5-6-11(15(18)19)16-14(17)10-7-8-12(20-2)13(9-10)21-3/h4,7-9,11H,1,5-6H2,2-3H3,(H,16,17)(H,18,19). The third-order valence-corrected chi connectivity index (χ3v) is 2.91. The second kappa shape index (κ2) is 7.94. The Morgan fingerprint density at radius 2 is 2.00 bits per heavy atom. The fourth-order valence-electron chi connectivity index (χ4n) is 1.76. The van der Waals surface area contributed by atoms with Crippen molar-refractivity contribution >= 4 is 11.9 Å². The van der Waals surface area contributed by atoms with Crippen LogP contribution in [0.15, 0.2) is 30.9 Å². The number of carbonyl (C=O) groups is 2. The monoisotopic (exact) mass is 293 g/mol. The number of carboxylic acid groups (broad SMARTS) is 1. The van der Waals surface area contributed by atoms with Crippen LogP contribution in [0.5, 0.6) is 11.5 Å². The first-order valence-electron chi connectivity index (χ1n) is 6.40. The van der Waals surface area contributed by atoms with Gasteiger partial charge < -0.3 is 19.9 Å². The van der Waals surface area contributed by atoms with Gasteiger partial charge in [-0.15, -0.1) is 6.58 Å². The molecule has 1 rings (SSSR count). The van der Waals surface area contributed by atoms with Gasteiger partial charge in [-0.3, -0.25) is 4.79 Å². The van der Waals surface area contributed by atoms with Crippen molar-refractivity contribution in [3.8, 4) is 11.5 Å². The maximum atomic E-state index is 12.1. The molecule has 0 saturated heterocycles. The highest BCUT2D eigenvalue weighted by atomic mass is 16.5. The highest BCUT2D eigenvalue weighted by Crippen LogP contribution is 2.27. The first-order valence-corrected chi connectivity index (χ1v) is 6.40. The summed E-state index contributed by atoms with van der Waals surface area (Å²) in [6, 6.07) is 3.68. The van der Waals surface area contributed by atoms with Crippen LogP contribution in [0.25, 0.3) is 0 Å². The van der Waals surface area contributed by atoms with Crippen molar-refractivity contribution in [1.82, 2.24) is 5.32 Å². The van der Waals surface area contributed by atoms with E-state index in [1.165, 1.54) is 20.3 Å². The van der Waals surface area contributed by atoms with Crippen molar-refractivity contribution in [3.05, 3.63) is 36.4 Å². The lowest BCUT2D eigenvalue weighted by atomic mass is 10.1. The summed E-state index contributed by atoms with van der Waals surface area (Å²) in [7, 11) is 2.96. The number of nitrogens with one attached hydrogen (secondary N) is 1. The molecule has 0 aliphatic heterocycles. The van der Waals surface area contributed by atoms with Crippen molar-refractivity contribution in [2.45, 2.75) is 18.9 Å². The van der Waals surface area contributed by atoms with Crippen LogP contribution in [0, 0.1) is 0 Å². The van der Waals surface area contributed by atoms with Gasteiger partial charge in [-0.05, 0) is 31.0 Å². The van der Waals surface area contributed by atoms with E-state index in [2.05, 4.69) is 11.9 Å². The lowest BCUT2D eigenvalue weighted by molar-refractivity contribution is -0.139. The average Bonchev–Trinajstić information content (AvgIpc) is 2.49. The fourth-order valence-corrected chi connectivity index (χ4v) is 1.76. The van der Waals surface area contributed by atoms with Crippen LogP contribution in [0.3, 0.4) is 0 Å². The second-order valence-electron chi connectivity index (χ2n) is 4.30. The minimum atomic E-state index is -1.08. The van der Waals surface area contributed by atoms with E-state index in [-0.39, 0.29) is 6.42 Å². The molecule has 1 aromatic carbocycles. The van der Waals surface area contributed by atoms with Gasteiger partial charge in [-0.25, -0.2) is 4.79 Å². The summed E-state index contributed by atoms with van der Waals surface area (Å²) in [5, 5.41) is 11.6. The van der Waals surface area contributed by atoms with Crippen LogP contribution in [-0.2, 0) is 4.79 Å². The van der Waals surface area contributed by atoms with Crippen LogP contribution >= 0.6 is 0 Å². The van der Waals surface area contributed by atoms with Crippen LogP contribution < -0.4 is 14.8 Å². The third kappa shape index (κ3) is 4.52. The van der Waals surface area contributed by atoms with Gasteiger partial charge >= 0.3 is 5.97 Å². The van der Waals surface area contributed by atoms with E-state index in [0.29, 0.717) is 23.5 Å². The molecule has 6 heteroatoms. The number of carboxylic acids is 1. The van der Waals surface area contributed by atoms with E-state index in [0.717, 1.165) is 0 Å². The molecule has 1 amide bonds. The molecule has 21 heavy (non-hydrogen) atoms. The lowest BCUT2D eigenvalue weighted by Gasteiger charge is -2.14. The molecule has 0 fully saturated rings. The summed E-state index contributed by atoms with van der Waals surface area (Å²) in [5.74, 6) is -0.656. The van der Waals surface area contributed by atoms with Gasteiger partial charge in [0.05, 0.1) is 14.2 Å². The van der Waals surface area contributed by atoms with Crippen molar-refractivity contribution in [2.24, 2.45) is 0 Å². The summed E-state index contributed by atoms with van der Waals surface area (Å²) in [6.45, 7) is 3.53. The number of benzene rings is 1. The van der Waals surface area contributed by atoms with Gasteiger partial charge in [0.2, 0.25) is 0 Å². The molecule has 2 N–H and O–H groups in total. The normalized spacial score (nSPS) is 11.3. The van der Waals surface area contributed by atoms with Crippen LogP contribution in [0.1, 0.15) is 23.2 Å². The van der Waals surface area contributed by atoms with E-state index < -0.39 is 17.9 Å². The Morgan fingerprint density at radius 1 is 1.33 bits per heavy atom. The molecule has 1 unspecified atom stereocenters. The molecule has 0 spiro atoms. The number of aliphatic carboxylic acids is 1. The average molecular weight is 293 g/mol. The predicted octanol–water partition coefficient (Wildman–Crippen LogP) is 1.85. The van der Waals surface area contributed by atoms with Crippen molar-refractivity contribution in [1.29, 1.82) is 0 Å². The summed E-state index contributed by atoms with van der Waals surface area (Å²) in [6.07, 6.45) is 2.40. The molecule has 114 valence electrons. The summed E-state index contributed by atoms with van der Waals surface area (Å²) < 4.78 is 10.2. The topological polar surface area (TPSA) is 84.9 Å². The largest absolute Gasteiger partial charge is 0.493 e.